The zero-order chi connectivity index (χ0) is 13.1. The molecule has 1 fully saturated rings. The van der Waals surface area contributed by atoms with Crippen LogP contribution in [0.15, 0.2) is 0 Å². The Bertz CT molecular complexity index is 429. The lowest BCUT2D eigenvalue weighted by atomic mass is 10.0. The van der Waals surface area contributed by atoms with Gasteiger partial charge in [0.15, 0.2) is 5.82 Å². The zero-order valence-corrected chi connectivity index (χ0v) is 11.3. The van der Waals surface area contributed by atoms with Crippen molar-refractivity contribution in [1.29, 1.82) is 0 Å². The number of hydrogen-bond acceptors (Lipinski definition) is 6. The third-order valence-electron chi connectivity index (χ3n) is 3.20. The number of ether oxygens (including phenoxy) is 1. The average Bonchev–Trinajstić information content (AvgIpc) is 2.98. The normalized spacial score (nSPS) is 20.7. The molecule has 1 aromatic heterocycles. The van der Waals surface area contributed by atoms with Crippen LogP contribution in [0.5, 0.6) is 0 Å². The van der Waals surface area contributed by atoms with E-state index in [0.29, 0.717) is 11.5 Å². The highest BCUT2D eigenvalue weighted by molar-refractivity contribution is 7.11. The molecule has 4 N–H and O–H groups in total. The molecular weight excluding hydrogens is 252 g/mol. The number of amides is 1. The van der Waals surface area contributed by atoms with Crippen LogP contribution in [0.4, 0.5) is 10.8 Å². The molecule has 1 aliphatic heterocycles. The van der Waals surface area contributed by atoms with E-state index in [-0.39, 0.29) is 17.8 Å². The highest BCUT2D eigenvalue weighted by Crippen LogP contribution is 2.29. The van der Waals surface area contributed by atoms with Crippen molar-refractivity contribution in [1.82, 2.24) is 9.69 Å². The molecule has 18 heavy (non-hydrogen) atoms. The molecule has 0 aliphatic carbocycles. The SMILES string of the molecule is CNC(=O)c1c(N)nsc1NC(C)C1CCOC1. The Morgan fingerprint density at radius 3 is 3.06 bits per heavy atom. The lowest BCUT2D eigenvalue weighted by Crippen LogP contribution is -2.27. The molecule has 1 amide bonds. The summed E-state index contributed by atoms with van der Waals surface area (Å²) < 4.78 is 9.39. The number of hydrogen-bond donors (Lipinski definition) is 3. The Morgan fingerprint density at radius 2 is 2.44 bits per heavy atom. The highest BCUT2D eigenvalue weighted by Gasteiger charge is 2.25. The summed E-state index contributed by atoms with van der Waals surface area (Å²) in [4.78, 5) is 11.7. The van der Waals surface area contributed by atoms with Gasteiger partial charge < -0.3 is 21.1 Å². The first-order chi connectivity index (χ1) is 8.63. The second-order valence-corrected chi connectivity index (χ2v) is 5.18. The number of aromatic nitrogens is 1. The zero-order valence-electron chi connectivity index (χ0n) is 10.5. The van der Waals surface area contributed by atoms with Gasteiger partial charge in [-0.25, -0.2) is 0 Å². The third kappa shape index (κ3) is 2.56. The molecule has 7 heteroatoms. The van der Waals surface area contributed by atoms with Crippen molar-refractivity contribution in [2.75, 3.05) is 31.3 Å². The molecule has 100 valence electrons. The van der Waals surface area contributed by atoms with Gasteiger partial charge in [-0.1, -0.05) is 0 Å². The molecule has 0 saturated carbocycles. The first-order valence-electron chi connectivity index (χ1n) is 5.95. The summed E-state index contributed by atoms with van der Waals surface area (Å²) in [7, 11) is 1.58. The van der Waals surface area contributed by atoms with Crippen molar-refractivity contribution in [3.05, 3.63) is 5.56 Å². The van der Waals surface area contributed by atoms with E-state index in [4.69, 9.17) is 10.5 Å². The van der Waals surface area contributed by atoms with E-state index in [2.05, 4.69) is 21.9 Å². The summed E-state index contributed by atoms with van der Waals surface area (Å²) in [6, 6.07) is 0.232. The van der Waals surface area contributed by atoms with Crippen molar-refractivity contribution < 1.29 is 9.53 Å². The number of nitrogens with two attached hydrogens (primary N) is 1. The minimum atomic E-state index is -0.210. The molecule has 2 heterocycles. The van der Waals surface area contributed by atoms with Crippen molar-refractivity contribution >= 4 is 28.3 Å². The maximum absolute atomic E-state index is 11.7. The number of carbonyl (C=O) groups is 1. The van der Waals surface area contributed by atoms with Crippen LogP contribution < -0.4 is 16.4 Å². The smallest absolute Gasteiger partial charge is 0.257 e. The van der Waals surface area contributed by atoms with Gasteiger partial charge in [-0.05, 0) is 24.9 Å². The molecule has 1 aliphatic rings. The molecule has 0 bridgehead atoms. The monoisotopic (exact) mass is 270 g/mol. The summed E-state index contributed by atoms with van der Waals surface area (Å²) in [6.45, 7) is 3.66. The van der Waals surface area contributed by atoms with Gasteiger partial charge in [0, 0.05) is 25.6 Å². The van der Waals surface area contributed by atoms with Crippen LogP contribution in [0, 0.1) is 5.92 Å². The first-order valence-corrected chi connectivity index (χ1v) is 6.72. The largest absolute Gasteiger partial charge is 0.382 e. The number of rotatable bonds is 4. The Hall–Kier alpha value is -1.34. The molecule has 0 aromatic carbocycles. The van der Waals surface area contributed by atoms with Crippen molar-refractivity contribution in [2.45, 2.75) is 19.4 Å². The maximum Gasteiger partial charge on any atom is 0.257 e. The number of carbonyl (C=O) groups excluding carboxylic acids is 1. The highest BCUT2D eigenvalue weighted by atomic mass is 32.1. The van der Waals surface area contributed by atoms with E-state index in [0.717, 1.165) is 24.6 Å². The minimum Gasteiger partial charge on any atom is -0.382 e. The third-order valence-corrected chi connectivity index (χ3v) is 4.00. The summed E-state index contributed by atoms with van der Waals surface area (Å²) in [6.07, 6.45) is 1.04. The van der Waals surface area contributed by atoms with E-state index < -0.39 is 0 Å². The minimum absolute atomic E-state index is 0.210. The van der Waals surface area contributed by atoms with Gasteiger partial charge in [0.25, 0.3) is 5.91 Å². The van der Waals surface area contributed by atoms with Gasteiger partial charge in [0.05, 0.1) is 6.61 Å². The van der Waals surface area contributed by atoms with Crippen LogP contribution in [0.3, 0.4) is 0 Å². The van der Waals surface area contributed by atoms with Crippen LogP contribution in [-0.2, 0) is 4.74 Å². The lowest BCUT2D eigenvalue weighted by Gasteiger charge is -2.19. The Labute approximate surface area is 110 Å². The number of nitrogen functional groups attached to an aromatic ring is 1. The van der Waals surface area contributed by atoms with E-state index in [9.17, 15) is 4.79 Å². The molecular formula is C11H18N4O2S. The standard InChI is InChI=1S/C11H18N4O2S/c1-6(7-3-4-17-5-7)14-11-8(10(16)13-2)9(12)15-18-11/h6-7,14H,3-5H2,1-2H3,(H2,12,15)(H,13,16). The fourth-order valence-electron chi connectivity index (χ4n) is 2.02. The molecule has 1 saturated heterocycles. The molecule has 2 rings (SSSR count). The molecule has 0 radical (unpaired) electrons. The fraction of sp³-hybridized carbons (Fsp3) is 0.636. The Kier molecular flexibility index (Phi) is 4.03. The first kappa shape index (κ1) is 13.1. The quantitative estimate of drug-likeness (QED) is 0.757. The van der Waals surface area contributed by atoms with Gasteiger partial charge >= 0.3 is 0 Å². The fourth-order valence-corrected chi connectivity index (χ4v) is 2.83. The van der Waals surface area contributed by atoms with Crippen molar-refractivity contribution in [3.8, 4) is 0 Å². The Balaban J connectivity index is 2.11. The summed E-state index contributed by atoms with van der Waals surface area (Å²) >= 11 is 1.22. The average molecular weight is 270 g/mol. The van der Waals surface area contributed by atoms with Gasteiger partial charge in [-0.2, -0.15) is 4.37 Å². The van der Waals surface area contributed by atoms with Crippen LogP contribution in [0.25, 0.3) is 0 Å². The van der Waals surface area contributed by atoms with Crippen molar-refractivity contribution in [2.24, 2.45) is 5.92 Å². The van der Waals surface area contributed by atoms with Crippen LogP contribution in [0.2, 0.25) is 0 Å². The van der Waals surface area contributed by atoms with Crippen molar-refractivity contribution in [3.63, 3.8) is 0 Å². The van der Waals surface area contributed by atoms with E-state index in [1.165, 1.54) is 11.5 Å². The van der Waals surface area contributed by atoms with Gasteiger partial charge in [0.2, 0.25) is 0 Å². The summed E-state index contributed by atoms with van der Waals surface area (Å²) in [5, 5.41) is 6.63. The van der Waals surface area contributed by atoms with Gasteiger partial charge in [-0.15, -0.1) is 0 Å². The van der Waals surface area contributed by atoms with Crippen LogP contribution >= 0.6 is 11.5 Å². The predicted molar refractivity (Wildman–Crippen MR) is 71.9 cm³/mol. The second kappa shape index (κ2) is 5.53. The van der Waals surface area contributed by atoms with E-state index in [1.54, 1.807) is 7.05 Å². The molecule has 6 nitrogen and oxygen atoms in total. The van der Waals surface area contributed by atoms with Crippen LogP contribution in [-0.4, -0.2) is 36.6 Å². The second-order valence-electron chi connectivity index (χ2n) is 4.41. The molecule has 0 spiro atoms. The maximum atomic E-state index is 11.7. The van der Waals surface area contributed by atoms with E-state index >= 15 is 0 Å². The molecule has 1 aromatic rings. The number of anilines is 2. The summed E-state index contributed by atoms with van der Waals surface area (Å²) in [5.41, 5.74) is 6.16. The summed E-state index contributed by atoms with van der Waals surface area (Å²) in [5.74, 6) is 0.529. The predicted octanol–water partition coefficient (Wildman–Crippen LogP) is 0.922. The lowest BCUT2D eigenvalue weighted by molar-refractivity contribution is 0.0965. The van der Waals surface area contributed by atoms with Gasteiger partial charge in [-0.3, -0.25) is 4.79 Å². The Morgan fingerprint density at radius 1 is 1.67 bits per heavy atom. The van der Waals surface area contributed by atoms with E-state index in [1.807, 2.05) is 0 Å². The number of nitrogens with one attached hydrogen (secondary N) is 2. The molecule has 2 atom stereocenters. The van der Waals surface area contributed by atoms with Gasteiger partial charge in [0.1, 0.15) is 10.6 Å². The topological polar surface area (TPSA) is 89.3 Å². The molecule has 2 unspecified atom stereocenters. The van der Waals surface area contributed by atoms with Crippen LogP contribution in [0.1, 0.15) is 23.7 Å². The number of nitrogens with zero attached hydrogens (tertiary/aromatic N) is 1.